The maximum Gasteiger partial charge on any atom is 0.120 e. The van der Waals surface area contributed by atoms with Crippen LogP contribution >= 0.6 is 0 Å². The highest BCUT2D eigenvalue weighted by molar-refractivity contribution is 5.37. The summed E-state index contributed by atoms with van der Waals surface area (Å²) < 4.78 is 1.93. The van der Waals surface area contributed by atoms with Gasteiger partial charge in [-0.25, -0.2) is 0 Å². The van der Waals surface area contributed by atoms with Crippen molar-refractivity contribution < 1.29 is 5.11 Å². The predicted octanol–water partition coefficient (Wildman–Crippen LogP) is 2.64. The number of benzene rings is 1. The third-order valence-electron chi connectivity index (χ3n) is 3.23. The molecule has 1 aromatic carbocycles. The fourth-order valence-corrected chi connectivity index (χ4v) is 2.12. The summed E-state index contributed by atoms with van der Waals surface area (Å²) in [5.41, 5.74) is 2.02. The van der Waals surface area contributed by atoms with Crippen molar-refractivity contribution in [3.05, 3.63) is 47.8 Å². The summed E-state index contributed by atoms with van der Waals surface area (Å²) in [6.07, 6.45) is 4.77. The summed E-state index contributed by atoms with van der Waals surface area (Å²) in [4.78, 5) is 0. The van der Waals surface area contributed by atoms with Crippen LogP contribution in [-0.2, 0) is 6.54 Å². The van der Waals surface area contributed by atoms with E-state index in [2.05, 4.69) is 17.3 Å². The first kappa shape index (κ1) is 13.6. The van der Waals surface area contributed by atoms with Crippen molar-refractivity contribution in [2.75, 3.05) is 6.54 Å². The van der Waals surface area contributed by atoms with Gasteiger partial charge in [0.25, 0.3) is 0 Å². The molecule has 0 bridgehead atoms. The molecular weight excluding hydrogens is 238 g/mol. The van der Waals surface area contributed by atoms with Crippen LogP contribution < -0.4 is 5.32 Å². The van der Waals surface area contributed by atoms with Crippen LogP contribution in [0.25, 0.3) is 0 Å². The lowest BCUT2D eigenvalue weighted by atomic mass is 10.1. The lowest BCUT2D eigenvalue weighted by molar-refractivity contribution is 0.447. The number of phenolic OH excluding ortho intramolecular Hbond substituents is 1. The van der Waals surface area contributed by atoms with Gasteiger partial charge in [0, 0.05) is 30.5 Å². The molecule has 19 heavy (non-hydrogen) atoms. The molecule has 1 unspecified atom stereocenters. The molecule has 2 N–H and O–H groups in total. The van der Waals surface area contributed by atoms with E-state index in [-0.39, 0.29) is 6.04 Å². The number of aromatic hydroxyl groups is 1. The van der Waals surface area contributed by atoms with Crippen molar-refractivity contribution >= 4 is 0 Å². The molecule has 0 aliphatic carbocycles. The normalized spacial score (nSPS) is 12.5. The Morgan fingerprint density at radius 2 is 2.26 bits per heavy atom. The van der Waals surface area contributed by atoms with Crippen LogP contribution in [-0.4, -0.2) is 21.4 Å². The largest absolute Gasteiger partial charge is 0.508 e. The van der Waals surface area contributed by atoms with Gasteiger partial charge in [0.05, 0.1) is 0 Å². The van der Waals surface area contributed by atoms with Gasteiger partial charge in [-0.1, -0.05) is 12.1 Å². The van der Waals surface area contributed by atoms with Gasteiger partial charge in [0.2, 0.25) is 0 Å². The van der Waals surface area contributed by atoms with E-state index in [1.54, 1.807) is 12.3 Å². The van der Waals surface area contributed by atoms with Crippen molar-refractivity contribution in [1.29, 1.82) is 0 Å². The Morgan fingerprint density at radius 3 is 2.95 bits per heavy atom. The van der Waals surface area contributed by atoms with E-state index in [0.29, 0.717) is 5.75 Å². The Bertz CT molecular complexity index is 508. The monoisotopic (exact) mass is 259 g/mol. The number of nitrogens with one attached hydrogen (secondary N) is 1. The Morgan fingerprint density at radius 1 is 1.42 bits per heavy atom. The highest BCUT2D eigenvalue weighted by Gasteiger charge is 2.09. The molecule has 102 valence electrons. The minimum atomic E-state index is 0.151. The number of hydrogen-bond donors (Lipinski definition) is 2. The zero-order valence-electron chi connectivity index (χ0n) is 11.5. The molecule has 0 spiro atoms. The Balaban J connectivity index is 1.79. The van der Waals surface area contributed by atoms with Gasteiger partial charge in [-0.2, -0.15) is 5.10 Å². The summed E-state index contributed by atoms with van der Waals surface area (Å²) in [6, 6.07) is 7.89. The molecular formula is C15H21N3O. The van der Waals surface area contributed by atoms with Gasteiger partial charge in [0.1, 0.15) is 5.75 Å². The molecule has 0 saturated carbocycles. The zero-order valence-corrected chi connectivity index (χ0v) is 11.5. The van der Waals surface area contributed by atoms with E-state index >= 15 is 0 Å². The number of rotatable bonds is 6. The van der Waals surface area contributed by atoms with Gasteiger partial charge < -0.3 is 10.4 Å². The molecule has 0 amide bonds. The minimum absolute atomic E-state index is 0.151. The summed E-state index contributed by atoms with van der Waals surface area (Å²) in [6.45, 7) is 5.85. The lowest BCUT2D eigenvalue weighted by Crippen LogP contribution is -2.21. The number of aryl methyl sites for hydroxylation is 2. The van der Waals surface area contributed by atoms with Crippen LogP contribution in [0.1, 0.15) is 30.5 Å². The smallest absolute Gasteiger partial charge is 0.120 e. The number of nitrogens with zero attached hydrogens (tertiary/aromatic N) is 2. The second-order valence-electron chi connectivity index (χ2n) is 4.86. The average molecular weight is 259 g/mol. The van der Waals surface area contributed by atoms with Gasteiger partial charge in [-0.3, -0.25) is 4.68 Å². The highest BCUT2D eigenvalue weighted by atomic mass is 16.3. The van der Waals surface area contributed by atoms with E-state index in [1.165, 1.54) is 0 Å². The zero-order chi connectivity index (χ0) is 13.7. The lowest BCUT2D eigenvalue weighted by Gasteiger charge is -2.16. The molecule has 2 aromatic rings. The summed E-state index contributed by atoms with van der Waals surface area (Å²) in [5, 5.41) is 17.5. The Hall–Kier alpha value is -1.81. The molecule has 0 aliphatic rings. The van der Waals surface area contributed by atoms with Crippen LogP contribution in [0.3, 0.4) is 0 Å². The summed E-state index contributed by atoms with van der Waals surface area (Å²) in [7, 11) is 0. The van der Waals surface area contributed by atoms with Gasteiger partial charge in [-0.15, -0.1) is 0 Å². The Kier molecular flexibility index (Phi) is 4.58. The minimum Gasteiger partial charge on any atom is -0.508 e. The fraction of sp³-hybridized carbons (Fsp3) is 0.400. The van der Waals surface area contributed by atoms with Crippen LogP contribution in [0.15, 0.2) is 36.7 Å². The second-order valence-corrected chi connectivity index (χ2v) is 4.86. The van der Waals surface area contributed by atoms with Crippen LogP contribution in [0.4, 0.5) is 0 Å². The molecule has 1 heterocycles. The molecule has 4 nitrogen and oxygen atoms in total. The van der Waals surface area contributed by atoms with E-state index in [1.807, 2.05) is 36.0 Å². The average Bonchev–Trinajstić information content (AvgIpc) is 2.87. The molecule has 0 fully saturated rings. The van der Waals surface area contributed by atoms with Crippen LogP contribution in [0, 0.1) is 6.92 Å². The van der Waals surface area contributed by atoms with Crippen molar-refractivity contribution in [3.8, 4) is 5.75 Å². The van der Waals surface area contributed by atoms with Gasteiger partial charge in [-0.05, 0) is 44.5 Å². The van der Waals surface area contributed by atoms with Crippen molar-refractivity contribution in [1.82, 2.24) is 15.1 Å². The molecule has 1 aromatic heterocycles. The topological polar surface area (TPSA) is 50.1 Å². The molecule has 0 radical (unpaired) electrons. The van der Waals surface area contributed by atoms with E-state index < -0.39 is 0 Å². The third kappa shape index (κ3) is 3.83. The van der Waals surface area contributed by atoms with Crippen molar-refractivity contribution in [3.63, 3.8) is 0 Å². The van der Waals surface area contributed by atoms with Crippen LogP contribution in [0.5, 0.6) is 5.75 Å². The quantitative estimate of drug-likeness (QED) is 0.784. The number of phenols is 1. The Labute approximate surface area is 114 Å². The number of hydrogen-bond acceptors (Lipinski definition) is 3. The maximum absolute atomic E-state index is 9.91. The third-order valence-corrected chi connectivity index (χ3v) is 3.23. The van der Waals surface area contributed by atoms with E-state index in [0.717, 1.165) is 30.6 Å². The SMILES string of the molecule is Cc1ccc(C(C)NCCCn2cccn2)c(O)c1. The first-order valence-electron chi connectivity index (χ1n) is 6.67. The maximum atomic E-state index is 9.91. The first-order valence-corrected chi connectivity index (χ1v) is 6.67. The molecule has 1 atom stereocenters. The standard InChI is InChI=1S/C15H21N3O/c1-12-5-6-14(15(19)11-12)13(2)16-7-3-9-18-10-4-8-17-18/h4-6,8,10-11,13,16,19H,3,7,9H2,1-2H3. The van der Waals surface area contributed by atoms with E-state index in [9.17, 15) is 5.11 Å². The summed E-state index contributed by atoms with van der Waals surface area (Å²) in [5.74, 6) is 0.368. The highest BCUT2D eigenvalue weighted by Crippen LogP contribution is 2.24. The van der Waals surface area contributed by atoms with Crippen molar-refractivity contribution in [2.24, 2.45) is 0 Å². The molecule has 4 heteroatoms. The summed E-state index contributed by atoms with van der Waals surface area (Å²) >= 11 is 0. The van der Waals surface area contributed by atoms with Crippen molar-refractivity contribution in [2.45, 2.75) is 32.9 Å². The van der Waals surface area contributed by atoms with Gasteiger partial charge >= 0.3 is 0 Å². The second kappa shape index (κ2) is 6.38. The number of aromatic nitrogens is 2. The first-order chi connectivity index (χ1) is 9.16. The molecule has 0 saturated heterocycles. The molecule has 0 aliphatic heterocycles. The molecule has 2 rings (SSSR count). The van der Waals surface area contributed by atoms with Gasteiger partial charge in [0.15, 0.2) is 0 Å². The predicted molar refractivity (Wildman–Crippen MR) is 76.1 cm³/mol. The fourth-order valence-electron chi connectivity index (χ4n) is 2.12. The van der Waals surface area contributed by atoms with Crippen LogP contribution in [0.2, 0.25) is 0 Å². The van der Waals surface area contributed by atoms with E-state index in [4.69, 9.17) is 0 Å².